The Labute approximate surface area is 222 Å². The Morgan fingerprint density at radius 1 is 1.11 bits per heavy atom. The number of rotatable bonds is 9. The predicted octanol–water partition coefficient (Wildman–Crippen LogP) is 5.60. The Morgan fingerprint density at radius 2 is 1.92 bits per heavy atom. The molecule has 2 aromatic carbocycles. The van der Waals surface area contributed by atoms with Gasteiger partial charge >= 0.3 is 0 Å². The summed E-state index contributed by atoms with van der Waals surface area (Å²) in [7, 11) is 0. The van der Waals surface area contributed by atoms with Gasteiger partial charge in [0.2, 0.25) is 0 Å². The third-order valence-electron chi connectivity index (χ3n) is 7.00. The molecule has 5 rings (SSSR count). The van der Waals surface area contributed by atoms with Gasteiger partial charge in [0, 0.05) is 30.9 Å². The maximum absolute atomic E-state index is 13.4. The molecule has 0 unspecified atom stereocenters. The Hall–Kier alpha value is -4.13. The molecule has 0 spiro atoms. The van der Waals surface area contributed by atoms with E-state index >= 15 is 0 Å². The molecule has 3 heterocycles. The largest absolute Gasteiger partial charge is 0.507 e. The molecule has 2 aliphatic heterocycles. The average molecular weight is 513 g/mol. The maximum Gasteiger partial charge on any atom is 0.295 e. The summed E-state index contributed by atoms with van der Waals surface area (Å²) in [6.07, 6.45) is 7.19. The zero-order chi connectivity index (χ0) is 26.6. The van der Waals surface area contributed by atoms with E-state index in [1.807, 2.05) is 49.4 Å². The second kappa shape index (κ2) is 11.1. The van der Waals surface area contributed by atoms with Crippen molar-refractivity contribution in [3.05, 3.63) is 94.8 Å². The fourth-order valence-electron chi connectivity index (χ4n) is 5.12. The molecule has 2 aliphatic rings. The zero-order valence-corrected chi connectivity index (χ0v) is 21.7. The van der Waals surface area contributed by atoms with Crippen LogP contribution in [0.5, 0.6) is 11.5 Å². The molecule has 0 aliphatic carbocycles. The summed E-state index contributed by atoms with van der Waals surface area (Å²) >= 11 is 0. The van der Waals surface area contributed by atoms with Crippen LogP contribution in [0.15, 0.2) is 72.6 Å². The number of fused-ring (bicyclic) bond motifs is 1. The highest BCUT2D eigenvalue weighted by Crippen LogP contribution is 2.42. The first-order valence-electron chi connectivity index (χ1n) is 13.2. The summed E-state index contributed by atoms with van der Waals surface area (Å²) < 4.78 is 11.8. The van der Waals surface area contributed by atoms with Gasteiger partial charge in [-0.25, -0.2) is 0 Å². The van der Waals surface area contributed by atoms with Gasteiger partial charge in [-0.15, -0.1) is 0 Å². The minimum Gasteiger partial charge on any atom is -0.507 e. The van der Waals surface area contributed by atoms with Gasteiger partial charge in [-0.3, -0.25) is 14.6 Å². The number of aliphatic hydroxyl groups excluding tert-OH is 1. The molecular weight excluding hydrogens is 480 g/mol. The SMILES string of the molecule is CCCCCOc1cccc([C@@H]2/C(=C(\O)c3ccc4c(c3)C[C@H](C)O4)C(=O)C(=O)N2Cc2ccncc2)c1. The number of hydrogen-bond donors (Lipinski definition) is 1. The molecule has 196 valence electrons. The first-order valence-corrected chi connectivity index (χ1v) is 13.2. The van der Waals surface area contributed by atoms with Gasteiger partial charge in [-0.2, -0.15) is 0 Å². The van der Waals surface area contributed by atoms with Crippen LogP contribution in [0.2, 0.25) is 0 Å². The lowest BCUT2D eigenvalue weighted by atomic mass is 9.94. The summed E-state index contributed by atoms with van der Waals surface area (Å²) in [5.74, 6) is -0.114. The smallest absolute Gasteiger partial charge is 0.295 e. The summed E-state index contributed by atoms with van der Waals surface area (Å²) in [5, 5.41) is 11.5. The van der Waals surface area contributed by atoms with Gasteiger partial charge in [-0.1, -0.05) is 31.9 Å². The predicted molar refractivity (Wildman–Crippen MR) is 144 cm³/mol. The van der Waals surface area contributed by atoms with E-state index in [9.17, 15) is 14.7 Å². The number of amides is 1. The lowest BCUT2D eigenvalue weighted by Gasteiger charge is -2.26. The van der Waals surface area contributed by atoms with Crippen molar-refractivity contribution in [3.63, 3.8) is 0 Å². The standard InChI is InChI=1S/C31H32N2O5/c1-3-4-5-15-37-25-8-6-7-22(18-25)28-27(29(34)23-9-10-26-24(17-23)16-20(2)38-26)30(35)31(36)33(28)19-21-11-13-32-14-12-21/h6-14,17-18,20,28,34H,3-5,15-16,19H2,1-2H3/b29-27+/t20-,28+/m0/s1. The average Bonchev–Trinajstić information content (AvgIpc) is 3.42. The molecule has 7 nitrogen and oxygen atoms in total. The quantitative estimate of drug-likeness (QED) is 0.174. The van der Waals surface area contributed by atoms with Crippen LogP contribution >= 0.6 is 0 Å². The number of ether oxygens (including phenoxy) is 2. The lowest BCUT2D eigenvalue weighted by molar-refractivity contribution is -0.140. The Kier molecular flexibility index (Phi) is 7.45. The van der Waals surface area contributed by atoms with Crippen LogP contribution in [-0.2, 0) is 22.6 Å². The minimum absolute atomic E-state index is 0.0494. The van der Waals surface area contributed by atoms with Crippen LogP contribution < -0.4 is 9.47 Å². The fourth-order valence-corrected chi connectivity index (χ4v) is 5.12. The highest BCUT2D eigenvalue weighted by atomic mass is 16.5. The second-order valence-corrected chi connectivity index (χ2v) is 9.87. The highest BCUT2D eigenvalue weighted by Gasteiger charge is 2.46. The third kappa shape index (κ3) is 5.14. The number of aromatic nitrogens is 1. The van der Waals surface area contributed by atoms with Gasteiger partial charge in [0.25, 0.3) is 11.7 Å². The summed E-state index contributed by atoms with van der Waals surface area (Å²) in [6, 6.07) is 15.7. The molecule has 1 saturated heterocycles. The molecule has 3 aromatic rings. The van der Waals surface area contributed by atoms with E-state index in [-0.39, 0.29) is 24.0 Å². The van der Waals surface area contributed by atoms with Crippen LogP contribution in [0.25, 0.3) is 5.76 Å². The van der Waals surface area contributed by atoms with E-state index in [1.165, 1.54) is 4.90 Å². The number of unbranched alkanes of at least 4 members (excludes halogenated alkanes) is 2. The molecule has 1 N–H and O–H groups in total. The number of pyridine rings is 1. The second-order valence-electron chi connectivity index (χ2n) is 9.87. The van der Waals surface area contributed by atoms with Crippen LogP contribution in [0.4, 0.5) is 0 Å². The van der Waals surface area contributed by atoms with Crippen LogP contribution in [-0.4, -0.2) is 39.4 Å². The van der Waals surface area contributed by atoms with E-state index < -0.39 is 17.7 Å². The molecule has 0 saturated carbocycles. The Morgan fingerprint density at radius 3 is 2.71 bits per heavy atom. The number of ketones is 1. The topological polar surface area (TPSA) is 89.0 Å². The number of nitrogens with zero attached hydrogens (tertiary/aromatic N) is 2. The van der Waals surface area contributed by atoms with E-state index in [2.05, 4.69) is 11.9 Å². The van der Waals surface area contributed by atoms with Crippen molar-refractivity contribution in [2.45, 2.75) is 58.2 Å². The van der Waals surface area contributed by atoms with Gasteiger partial charge < -0.3 is 19.5 Å². The number of carbonyl (C=O) groups is 2. The lowest BCUT2D eigenvalue weighted by Crippen LogP contribution is -2.29. The van der Waals surface area contributed by atoms with Crippen LogP contribution in [0, 0.1) is 0 Å². The Balaban J connectivity index is 1.56. The van der Waals surface area contributed by atoms with E-state index in [1.54, 1.807) is 24.5 Å². The number of aliphatic hydroxyl groups is 1. The minimum atomic E-state index is -0.772. The summed E-state index contributed by atoms with van der Waals surface area (Å²) in [6.45, 7) is 4.92. The normalized spacial score (nSPS) is 19.9. The van der Waals surface area contributed by atoms with Gasteiger partial charge in [0.1, 0.15) is 23.4 Å². The first-order chi connectivity index (χ1) is 18.5. The molecule has 7 heteroatoms. The molecule has 38 heavy (non-hydrogen) atoms. The van der Waals surface area contributed by atoms with Crippen molar-refractivity contribution in [2.24, 2.45) is 0 Å². The van der Waals surface area contributed by atoms with Gasteiger partial charge in [0.15, 0.2) is 0 Å². The van der Waals surface area contributed by atoms with Crippen molar-refractivity contribution < 1.29 is 24.2 Å². The summed E-state index contributed by atoms with van der Waals surface area (Å²) in [4.78, 5) is 32.4. The molecule has 2 atom stereocenters. The van der Waals surface area contributed by atoms with E-state index in [0.717, 1.165) is 36.1 Å². The van der Waals surface area contributed by atoms with Crippen molar-refractivity contribution >= 4 is 17.4 Å². The van der Waals surface area contributed by atoms with Crippen LogP contribution in [0.3, 0.4) is 0 Å². The third-order valence-corrected chi connectivity index (χ3v) is 7.00. The van der Waals surface area contributed by atoms with E-state index in [0.29, 0.717) is 29.9 Å². The molecule has 1 amide bonds. The number of hydrogen-bond acceptors (Lipinski definition) is 6. The number of Topliss-reactive ketones (excluding diaryl/α,β-unsaturated/α-hetero) is 1. The van der Waals surface area contributed by atoms with Gasteiger partial charge in [-0.05, 0) is 72.5 Å². The maximum atomic E-state index is 13.4. The number of benzene rings is 2. The molecule has 0 bridgehead atoms. The van der Waals surface area contributed by atoms with E-state index in [4.69, 9.17) is 9.47 Å². The number of carbonyl (C=O) groups excluding carboxylic acids is 2. The van der Waals surface area contributed by atoms with Crippen molar-refractivity contribution in [1.82, 2.24) is 9.88 Å². The fraction of sp³-hybridized carbons (Fsp3) is 0.323. The van der Waals surface area contributed by atoms with Crippen molar-refractivity contribution in [3.8, 4) is 11.5 Å². The molecular formula is C31H32N2O5. The highest BCUT2D eigenvalue weighted by molar-refractivity contribution is 6.46. The monoisotopic (exact) mass is 512 g/mol. The van der Waals surface area contributed by atoms with Crippen LogP contribution in [0.1, 0.15) is 61.4 Å². The number of likely N-dealkylation sites (tertiary alicyclic amines) is 1. The van der Waals surface area contributed by atoms with Crippen molar-refractivity contribution in [2.75, 3.05) is 6.61 Å². The van der Waals surface area contributed by atoms with Crippen molar-refractivity contribution in [1.29, 1.82) is 0 Å². The molecule has 1 fully saturated rings. The zero-order valence-electron chi connectivity index (χ0n) is 21.7. The first kappa shape index (κ1) is 25.5. The summed E-state index contributed by atoms with van der Waals surface area (Å²) in [5.41, 5.74) is 3.06. The molecule has 0 radical (unpaired) electrons. The van der Waals surface area contributed by atoms with Gasteiger partial charge in [0.05, 0.1) is 18.2 Å². The Bertz CT molecular complexity index is 1370. The molecule has 1 aromatic heterocycles.